The van der Waals surface area contributed by atoms with E-state index in [1.54, 1.807) is 55.5 Å². The van der Waals surface area contributed by atoms with E-state index < -0.39 is 6.04 Å². The van der Waals surface area contributed by atoms with Crippen molar-refractivity contribution in [2.24, 2.45) is 0 Å². The summed E-state index contributed by atoms with van der Waals surface area (Å²) in [6.45, 7) is 1.72. The van der Waals surface area contributed by atoms with Crippen LogP contribution in [-0.2, 0) is 4.79 Å². The SMILES string of the molecule is CC(C(=O)Nc1ccc(NC(=O)c2ccc(C#N)cc2)cc1)n1cncn1. The highest BCUT2D eigenvalue weighted by atomic mass is 16.2. The number of hydrogen-bond acceptors (Lipinski definition) is 5. The minimum absolute atomic E-state index is 0.227. The summed E-state index contributed by atoms with van der Waals surface area (Å²) in [5, 5.41) is 18.3. The average molecular weight is 360 g/mol. The van der Waals surface area contributed by atoms with Crippen LogP contribution in [-0.4, -0.2) is 26.6 Å². The number of nitrogens with zero attached hydrogens (tertiary/aromatic N) is 4. The number of carbonyl (C=O) groups excluding carboxylic acids is 2. The molecule has 0 aliphatic carbocycles. The molecule has 3 aromatic rings. The zero-order valence-corrected chi connectivity index (χ0v) is 14.5. The van der Waals surface area contributed by atoms with Gasteiger partial charge in [0.1, 0.15) is 18.7 Å². The standard InChI is InChI=1S/C19H16N6O2/c1-13(25-12-21-11-22-25)18(26)23-16-6-8-17(9-7-16)24-19(27)15-4-2-14(10-20)3-5-15/h2-9,11-13H,1H3,(H,23,26)(H,24,27). The Morgan fingerprint density at radius 2 is 1.67 bits per heavy atom. The van der Waals surface area contributed by atoms with E-state index in [1.165, 1.54) is 17.3 Å². The van der Waals surface area contributed by atoms with Gasteiger partial charge in [-0.3, -0.25) is 9.59 Å². The zero-order valence-electron chi connectivity index (χ0n) is 14.5. The molecular weight excluding hydrogens is 344 g/mol. The minimum Gasteiger partial charge on any atom is -0.324 e. The highest BCUT2D eigenvalue weighted by Gasteiger charge is 2.15. The lowest BCUT2D eigenvalue weighted by Gasteiger charge is -2.12. The third-order valence-corrected chi connectivity index (χ3v) is 3.90. The maximum absolute atomic E-state index is 12.2. The predicted octanol–water partition coefficient (Wildman–Crippen LogP) is 2.60. The normalized spacial score (nSPS) is 11.3. The second kappa shape index (κ2) is 7.93. The van der Waals surface area contributed by atoms with Crippen molar-refractivity contribution in [3.05, 3.63) is 72.3 Å². The van der Waals surface area contributed by atoms with Gasteiger partial charge in [-0.2, -0.15) is 10.4 Å². The summed E-state index contributed by atoms with van der Waals surface area (Å²) >= 11 is 0. The number of carbonyl (C=O) groups is 2. The van der Waals surface area contributed by atoms with E-state index >= 15 is 0 Å². The molecular formula is C19H16N6O2. The summed E-state index contributed by atoms with van der Waals surface area (Å²) in [4.78, 5) is 28.3. The van der Waals surface area contributed by atoms with E-state index in [1.807, 2.05) is 6.07 Å². The third kappa shape index (κ3) is 4.35. The Bertz CT molecular complexity index is 973. The van der Waals surface area contributed by atoms with Crippen molar-refractivity contribution in [1.82, 2.24) is 14.8 Å². The topological polar surface area (TPSA) is 113 Å². The number of aromatic nitrogens is 3. The molecule has 2 aromatic carbocycles. The van der Waals surface area contributed by atoms with Gasteiger partial charge >= 0.3 is 0 Å². The fraction of sp³-hybridized carbons (Fsp3) is 0.105. The summed E-state index contributed by atoms with van der Waals surface area (Å²) in [6, 6.07) is 14.6. The largest absolute Gasteiger partial charge is 0.324 e. The van der Waals surface area contributed by atoms with Gasteiger partial charge in [-0.15, -0.1) is 0 Å². The molecule has 8 heteroatoms. The number of hydrogen-bond donors (Lipinski definition) is 2. The molecule has 1 heterocycles. The van der Waals surface area contributed by atoms with E-state index in [2.05, 4.69) is 20.7 Å². The van der Waals surface area contributed by atoms with Crippen LogP contribution in [0.3, 0.4) is 0 Å². The summed E-state index contributed by atoms with van der Waals surface area (Å²) in [5.74, 6) is -0.508. The Balaban J connectivity index is 1.60. The van der Waals surface area contributed by atoms with Crippen molar-refractivity contribution >= 4 is 23.2 Å². The van der Waals surface area contributed by atoms with Gasteiger partial charge in [-0.25, -0.2) is 9.67 Å². The van der Waals surface area contributed by atoms with E-state index in [9.17, 15) is 9.59 Å². The second-order valence-electron chi connectivity index (χ2n) is 5.76. The number of nitrogens with one attached hydrogen (secondary N) is 2. The van der Waals surface area contributed by atoms with Crippen molar-refractivity contribution < 1.29 is 9.59 Å². The van der Waals surface area contributed by atoms with Gasteiger partial charge in [-0.05, 0) is 55.5 Å². The number of nitriles is 1. The molecule has 27 heavy (non-hydrogen) atoms. The molecule has 3 rings (SSSR count). The van der Waals surface area contributed by atoms with Gasteiger partial charge in [0.15, 0.2) is 0 Å². The van der Waals surface area contributed by atoms with E-state index in [0.29, 0.717) is 22.5 Å². The van der Waals surface area contributed by atoms with Crippen LogP contribution in [0.4, 0.5) is 11.4 Å². The highest BCUT2D eigenvalue weighted by Crippen LogP contribution is 2.16. The molecule has 0 bridgehead atoms. The molecule has 8 nitrogen and oxygen atoms in total. The molecule has 0 radical (unpaired) electrons. The van der Waals surface area contributed by atoms with E-state index in [-0.39, 0.29) is 11.8 Å². The minimum atomic E-state index is -0.497. The van der Waals surface area contributed by atoms with Crippen molar-refractivity contribution in [2.45, 2.75) is 13.0 Å². The molecule has 1 unspecified atom stereocenters. The van der Waals surface area contributed by atoms with Crippen LogP contribution < -0.4 is 10.6 Å². The predicted molar refractivity (Wildman–Crippen MR) is 98.9 cm³/mol. The average Bonchev–Trinajstić information content (AvgIpc) is 3.23. The smallest absolute Gasteiger partial charge is 0.255 e. The summed E-state index contributed by atoms with van der Waals surface area (Å²) < 4.78 is 1.46. The molecule has 0 aliphatic rings. The Hall–Kier alpha value is -3.99. The van der Waals surface area contributed by atoms with Gasteiger partial charge in [-0.1, -0.05) is 0 Å². The van der Waals surface area contributed by atoms with E-state index in [0.717, 1.165) is 0 Å². The molecule has 0 saturated heterocycles. The number of amides is 2. The van der Waals surface area contributed by atoms with Crippen molar-refractivity contribution in [3.63, 3.8) is 0 Å². The molecule has 0 aliphatic heterocycles. The first-order valence-corrected chi connectivity index (χ1v) is 8.13. The fourth-order valence-corrected chi connectivity index (χ4v) is 2.32. The molecule has 1 atom stereocenters. The maximum atomic E-state index is 12.2. The van der Waals surface area contributed by atoms with Gasteiger partial charge in [0.2, 0.25) is 5.91 Å². The maximum Gasteiger partial charge on any atom is 0.255 e. The number of benzene rings is 2. The summed E-state index contributed by atoms with van der Waals surface area (Å²) in [7, 11) is 0. The quantitative estimate of drug-likeness (QED) is 0.726. The molecule has 1 aromatic heterocycles. The van der Waals surface area contributed by atoms with Crippen LogP contribution in [0.5, 0.6) is 0 Å². The fourth-order valence-electron chi connectivity index (χ4n) is 2.32. The van der Waals surface area contributed by atoms with Gasteiger partial charge in [0.25, 0.3) is 5.91 Å². The lowest BCUT2D eigenvalue weighted by Crippen LogP contribution is -2.24. The van der Waals surface area contributed by atoms with Crippen LogP contribution >= 0.6 is 0 Å². The lowest BCUT2D eigenvalue weighted by molar-refractivity contribution is -0.119. The lowest BCUT2D eigenvalue weighted by atomic mass is 10.1. The molecule has 0 fully saturated rings. The van der Waals surface area contributed by atoms with Crippen LogP contribution in [0.1, 0.15) is 28.9 Å². The van der Waals surface area contributed by atoms with Gasteiger partial charge in [0, 0.05) is 16.9 Å². The van der Waals surface area contributed by atoms with E-state index in [4.69, 9.17) is 5.26 Å². The van der Waals surface area contributed by atoms with Crippen LogP contribution in [0.15, 0.2) is 61.2 Å². The molecule has 0 spiro atoms. The summed E-state index contributed by atoms with van der Waals surface area (Å²) in [6.07, 6.45) is 2.85. The van der Waals surface area contributed by atoms with Crippen molar-refractivity contribution in [1.29, 1.82) is 5.26 Å². The Labute approximate surface area is 155 Å². The summed E-state index contributed by atoms with van der Waals surface area (Å²) in [5.41, 5.74) is 2.13. The first-order chi connectivity index (χ1) is 13.1. The van der Waals surface area contributed by atoms with Gasteiger partial charge in [0.05, 0.1) is 11.6 Å². The highest BCUT2D eigenvalue weighted by molar-refractivity contribution is 6.04. The number of anilines is 2. The first-order valence-electron chi connectivity index (χ1n) is 8.13. The first kappa shape index (κ1) is 17.8. The number of rotatable bonds is 5. The molecule has 0 saturated carbocycles. The monoisotopic (exact) mass is 360 g/mol. The molecule has 2 N–H and O–H groups in total. The van der Waals surface area contributed by atoms with Crippen LogP contribution in [0.25, 0.3) is 0 Å². The van der Waals surface area contributed by atoms with Crippen LogP contribution in [0, 0.1) is 11.3 Å². The Kier molecular flexibility index (Phi) is 5.23. The second-order valence-corrected chi connectivity index (χ2v) is 5.76. The molecule has 2 amide bonds. The Morgan fingerprint density at radius 1 is 1.04 bits per heavy atom. The molecule has 134 valence electrons. The van der Waals surface area contributed by atoms with Crippen molar-refractivity contribution in [2.75, 3.05) is 10.6 Å². The Morgan fingerprint density at radius 3 is 2.22 bits per heavy atom. The third-order valence-electron chi connectivity index (χ3n) is 3.90. The van der Waals surface area contributed by atoms with Crippen LogP contribution in [0.2, 0.25) is 0 Å². The zero-order chi connectivity index (χ0) is 19.2. The van der Waals surface area contributed by atoms with Crippen molar-refractivity contribution in [3.8, 4) is 6.07 Å². The van der Waals surface area contributed by atoms with Gasteiger partial charge < -0.3 is 10.6 Å².